The number of hydrogen-bond donors (Lipinski definition) is 0. The van der Waals surface area contributed by atoms with Crippen molar-refractivity contribution in [3.63, 3.8) is 0 Å². The molecular formula is C56H102O6. The molecule has 0 aromatic heterocycles. The summed E-state index contributed by atoms with van der Waals surface area (Å²) >= 11 is 0. The maximum absolute atomic E-state index is 12.8. The lowest BCUT2D eigenvalue weighted by Crippen LogP contribution is -2.30. The molecule has 0 fully saturated rings. The Morgan fingerprint density at radius 1 is 0.339 bits per heavy atom. The maximum Gasteiger partial charge on any atom is 0.306 e. The summed E-state index contributed by atoms with van der Waals surface area (Å²) in [4.78, 5) is 38.0. The van der Waals surface area contributed by atoms with Gasteiger partial charge in [-0.25, -0.2) is 0 Å². The molecule has 6 heteroatoms. The molecule has 0 rings (SSSR count). The molecule has 0 radical (unpaired) electrons. The number of ether oxygens (including phenoxy) is 3. The predicted octanol–water partition coefficient (Wildman–Crippen LogP) is 17.7. The van der Waals surface area contributed by atoms with E-state index in [1.54, 1.807) is 0 Å². The van der Waals surface area contributed by atoms with Gasteiger partial charge in [0.15, 0.2) is 6.10 Å². The minimum atomic E-state index is -0.770. The summed E-state index contributed by atoms with van der Waals surface area (Å²) in [6.45, 7) is 6.55. The van der Waals surface area contributed by atoms with Crippen LogP contribution in [0.4, 0.5) is 0 Å². The highest BCUT2D eigenvalue weighted by molar-refractivity contribution is 5.71. The van der Waals surface area contributed by atoms with Gasteiger partial charge in [-0.2, -0.15) is 0 Å². The second-order valence-electron chi connectivity index (χ2n) is 18.1. The monoisotopic (exact) mass is 871 g/mol. The molecule has 0 aliphatic carbocycles. The Hall–Kier alpha value is -2.37. The number of esters is 3. The first kappa shape index (κ1) is 59.6. The van der Waals surface area contributed by atoms with Crippen molar-refractivity contribution in [1.82, 2.24) is 0 Å². The highest BCUT2D eigenvalue weighted by Crippen LogP contribution is 2.16. The van der Waals surface area contributed by atoms with Crippen molar-refractivity contribution in [2.24, 2.45) is 0 Å². The molecule has 1 unspecified atom stereocenters. The topological polar surface area (TPSA) is 78.9 Å². The number of allylic oxidation sites excluding steroid dienone is 6. The molecule has 0 heterocycles. The molecular weight excluding hydrogens is 769 g/mol. The molecule has 0 aliphatic rings. The van der Waals surface area contributed by atoms with Crippen LogP contribution in [0.3, 0.4) is 0 Å². The Kier molecular flexibility index (Phi) is 49.3. The van der Waals surface area contributed by atoms with Gasteiger partial charge < -0.3 is 14.2 Å². The quantitative estimate of drug-likeness (QED) is 0.0262. The Morgan fingerprint density at radius 3 is 0.984 bits per heavy atom. The van der Waals surface area contributed by atoms with E-state index in [2.05, 4.69) is 57.2 Å². The first-order chi connectivity index (χ1) is 30.5. The van der Waals surface area contributed by atoms with Crippen LogP contribution in [0.2, 0.25) is 0 Å². The number of unbranched alkanes of at least 4 members (excludes halogenated alkanes) is 32. The lowest BCUT2D eigenvalue weighted by atomic mass is 10.0. The summed E-state index contributed by atoms with van der Waals surface area (Å²) in [5.41, 5.74) is 0. The van der Waals surface area contributed by atoms with E-state index in [-0.39, 0.29) is 31.1 Å². The number of carbonyl (C=O) groups excluding carboxylic acids is 3. The van der Waals surface area contributed by atoms with E-state index in [0.717, 1.165) is 83.5 Å². The van der Waals surface area contributed by atoms with Crippen molar-refractivity contribution >= 4 is 17.9 Å². The minimum Gasteiger partial charge on any atom is -0.462 e. The SMILES string of the molecule is CC/C=C\C/C=C\C/C=C\CCCCCCCCCC(=O)OCC(COC(=O)CCCCCCCCCCCCCCC)OC(=O)CCCCCCCCCCCCCCCC. The van der Waals surface area contributed by atoms with Gasteiger partial charge in [0.1, 0.15) is 13.2 Å². The lowest BCUT2D eigenvalue weighted by Gasteiger charge is -2.18. The van der Waals surface area contributed by atoms with Gasteiger partial charge >= 0.3 is 17.9 Å². The van der Waals surface area contributed by atoms with Crippen molar-refractivity contribution in [3.8, 4) is 0 Å². The van der Waals surface area contributed by atoms with E-state index in [4.69, 9.17) is 14.2 Å². The van der Waals surface area contributed by atoms with E-state index in [9.17, 15) is 14.4 Å². The Bertz CT molecular complexity index is 1050. The standard InChI is InChI=1S/C56H102O6/c1-4-7-10-13-16-19-22-25-27-28-29-32-34-37-40-43-46-49-55(58)61-52-53(51-60-54(57)48-45-42-39-36-33-30-24-21-18-15-12-9-6-3)62-56(59)50-47-44-41-38-35-31-26-23-20-17-14-11-8-5-2/h7,10,16,19,25,27,53H,4-6,8-9,11-15,17-18,20-24,26,28-52H2,1-3H3/b10-7-,19-16-,27-25-. The van der Waals surface area contributed by atoms with Crippen LogP contribution in [-0.2, 0) is 28.6 Å². The van der Waals surface area contributed by atoms with Crippen LogP contribution in [0.25, 0.3) is 0 Å². The zero-order valence-electron chi connectivity index (χ0n) is 41.4. The molecule has 0 saturated heterocycles. The van der Waals surface area contributed by atoms with Crippen molar-refractivity contribution in [2.75, 3.05) is 13.2 Å². The van der Waals surface area contributed by atoms with Crippen molar-refractivity contribution in [2.45, 2.75) is 290 Å². The van der Waals surface area contributed by atoms with E-state index in [0.29, 0.717) is 19.3 Å². The molecule has 0 spiro atoms. The number of hydrogen-bond acceptors (Lipinski definition) is 6. The van der Waals surface area contributed by atoms with Crippen LogP contribution in [0.1, 0.15) is 284 Å². The van der Waals surface area contributed by atoms with E-state index in [1.165, 1.54) is 161 Å². The maximum atomic E-state index is 12.8. The molecule has 0 aromatic rings. The minimum absolute atomic E-state index is 0.0706. The zero-order valence-corrected chi connectivity index (χ0v) is 41.4. The van der Waals surface area contributed by atoms with Gasteiger partial charge in [-0.3, -0.25) is 14.4 Å². The first-order valence-corrected chi connectivity index (χ1v) is 27.0. The first-order valence-electron chi connectivity index (χ1n) is 27.0. The summed E-state index contributed by atoms with van der Waals surface area (Å²) in [6.07, 6.45) is 59.8. The third kappa shape index (κ3) is 48.7. The normalized spacial score (nSPS) is 12.2. The van der Waals surface area contributed by atoms with Crippen molar-refractivity contribution in [3.05, 3.63) is 36.5 Å². The van der Waals surface area contributed by atoms with Gasteiger partial charge in [0.2, 0.25) is 0 Å². The summed E-state index contributed by atoms with van der Waals surface area (Å²) in [6, 6.07) is 0. The Morgan fingerprint density at radius 2 is 0.629 bits per heavy atom. The second-order valence-corrected chi connectivity index (χ2v) is 18.1. The van der Waals surface area contributed by atoms with E-state index < -0.39 is 6.10 Å². The summed E-state index contributed by atoms with van der Waals surface area (Å²) in [5, 5.41) is 0. The van der Waals surface area contributed by atoms with Crippen LogP contribution < -0.4 is 0 Å². The second kappa shape index (κ2) is 51.3. The fraction of sp³-hybridized carbons (Fsp3) is 0.839. The zero-order chi connectivity index (χ0) is 45.1. The van der Waals surface area contributed by atoms with Gasteiger partial charge in [0, 0.05) is 19.3 Å². The molecule has 62 heavy (non-hydrogen) atoms. The highest BCUT2D eigenvalue weighted by Gasteiger charge is 2.19. The van der Waals surface area contributed by atoms with Gasteiger partial charge in [0.05, 0.1) is 0 Å². The smallest absolute Gasteiger partial charge is 0.306 e. The van der Waals surface area contributed by atoms with Gasteiger partial charge in [-0.15, -0.1) is 0 Å². The molecule has 0 aromatic carbocycles. The van der Waals surface area contributed by atoms with Crippen LogP contribution >= 0.6 is 0 Å². The molecule has 0 bridgehead atoms. The largest absolute Gasteiger partial charge is 0.462 e. The number of carbonyl (C=O) groups is 3. The number of rotatable bonds is 49. The molecule has 362 valence electrons. The van der Waals surface area contributed by atoms with Crippen LogP contribution in [0, 0.1) is 0 Å². The predicted molar refractivity (Wildman–Crippen MR) is 266 cm³/mol. The Balaban J connectivity index is 4.34. The fourth-order valence-corrected chi connectivity index (χ4v) is 7.87. The molecule has 0 amide bonds. The lowest BCUT2D eigenvalue weighted by molar-refractivity contribution is -0.167. The van der Waals surface area contributed by atoms with Crippen molar-refractivity contribution < 1.29 is 28.6 Å². The van der Waals surface area contributed by atoms with Crippen LogP contribution in [-0.4, -0.2) is 37.2 Å². The highest BCUT2D eigenvalue weighted by atomic mass is 16.6. The summed E-state index contributed by atoms with van der Waals surface area (Å²) < 4.78 is 16.8. The van der Waals surface area contributed by atoms with Gasteiger partial charge in [0.25, 0.3) is 0 Å². The molecule has 0 N–H and O–H groups in total. The molecule has 6 nitrogen and oxygen atoms in total. The summed E-state index contributed by atoms with van der Waals surface area (Å²) in [7, 11) is 0. The third-order valence-corrected chi connectivity index (χ3v) is 11.9. The average molecular weight is 871 g/mol. The average Bonchev–Trinajstić information content (AvgIpc) is 3.27. The third-order valence-electron chi connectivity index (χ3n) is 11.9. The molecule has 1 atom stereocenters. The van der Waals surface area contributed by atoms with E-state index >= 15 is 0 Å². The van der Waals surface area contributed by atoms with E-state index in [1.807, 2.05) is 0 Å². The van der Waals surface area contributed by atoms with Crippen LogP contribution in [0.5, 0.6) is 0 Å². The van der Waals surface area contributed by atoms with Gasteiger partial charge in [-0.05, 0) is 51.4 Å². The summed E-state index contributed by atoms with van der Waals surface area (Å²) in [5.74, 6) is -0.866. The van der Waals surface area contributed by atoms with Gasteiger partial charge in [-0.1, -0.05) is 250 Å². The van der Waals surface area contributed by atoms with Crippen LogP contribution in [0.15, 0.2) is 36.5 Å². The fourth-order valence-electron chi connectivity index (χ4n) is 7.87. The molecule has 0 saturated carbocycles. The molecule has 0 aliphatic heterocycles. The van der Waals surface area contributed by atoms with Crippen molar-refractivity contribution in [1.29, 1.82) is 0 Å². The Labute approximate surface area is 385 Å².